The van der Waals surface area contributed by atoms with E-state index in [1.807, 2.05) is 13.0 Å². The maximum absolute atomic E-state index is 4.47. The third kappa shape index (κ3) is 5.80. The average molecular weight is 235 g/mol. The molecule has 17 heavy (non-hydrogen) atoms. The number of aryl methyl sites for hydroxylation is 1. The molecule has 96 valence electrons. The van der Waals surface area contributed by atoms with Gasteiger partial charge in [-0.25, -0.2) is 0 Å². The molecule has 0 bridgehead atoms. The van der Waals surface area contributed by atoms with Crippen LogP contribution in [0.15, 0.2) is 18.2 Å². The molecule has 3 heteroatoms. The van der Waals surface area contributed by atoms with Crippen molar-refractivity contribution in [1.82, 2.24) is 15.2 Å². The predicted octanol–water partition coefficient (Wildman–Crippen LogP) is 2.21. The number of nitrogens with one attached hydrogen (secondary N) is 1. The molecule has 1 rings (SSSR count). The lowest BCUT2D eigenvalue weighted by Crippen LogP contribution is -2.32. The number of nitrogens with zero attached hydrogens (tertiary/aromatic N) is 2. The van der Waals surface area contributed by atoms with Crippen molar-refractivity contribution < 1.29 is 0 Å². The topological polar surface area (TPSA) is 28.2 Å². The third-order valence-corrected chi connectivity index (χ3v) is 2.84. The minimum Gasteiger partial charge on any atom is -0.310 e. The van der Waals surface area contributed by atoms with Crippen molar-refractivity contribution in [3.63, 3.8) is 0 Å². The van der Waals surface area contributed by atoms with Crippen LogP contribution in [0, 0.1) is 6.92 Å². The third-order valence-electron chi connectivity index (χ3n) is 2.84. The second-order valence-corrected chi connectivity index (χ2v) is 4.38. The Morgan fingerprint density at radius 3 is 2.71 bits per heavy atom. The molecular formula is C14H25N3. The summed E-state index contributed by atoms with van der Waals surface area (Å²) in [7, 11) is 0. The van der Waals surface area contributed by atoms with E-state index in [9.17, 15) is 0 Å². The summed E-state index contributed by atoms with van der Waals surface area (Å²) >= 11 is 0. The molecular weight excluding hydrogens is 210 g/mol. The highest BCUT2D eigenvalue weighted by Crippen LogP contribution is 1.97. The fraction of sp³-hybridized carbons (Fsp3) is 0.643. The Morgan fingerprint density at radius 2 is 2.06 bits per heavy atom. The first-order valence-electron chi connectivity index (χ1n) is 6.61. The molecule has 1 aromatic rings. The molecule has 0 spiro atoms. The van der Waals surface area contributed by atoms with Crippen LogP contribution >= 0.6 is 0 Å². The minimum atomic E-state index is 0.866. The lowest BCUT2D eigenvalue weighted by atomic mass is 10.3. The molecule has 1 heterocycles. The summed E-state index contributed by atoms with van der Waals surface area (Å²) < 4.78 is 0. The van der Waals surface area contributed by atoms with Crippen LogP contribution in [0.1, 0.15) is 31.7 Å². The van der Waals surface area contributed by atoms with Gasteiger partial charge in [-0.2, -0.15) is 0 Å². The highest BCUT2D eigenvalue weighted by atomic mass is 15.1. The summed E-state index contributed by atoms with van der Waals surface area (Å²) in [5, 5.41) is 3.45. The smallest absolute Gasteiger partial charge is 0.0544 e. The van der Waals surface area contributed by atoms with Crippen LogP contribution in [0.3, 0.4) is 0 Å². The summed E-state index contributed by atoms with van der Waals surface area (Å²) in [6.07, 6.45) is 1.23. The molecule has 0 aliphatic carbocycles. The number of likely N-dealkylation sites (N-methyl/N-ethyl adjacent to an activating group) is 1. The zero-order valence-corrected chi connectivity index (χ0v) is 11.4. The molecule has 0 fully saturated rings. The molecule has 0 amide bonds. The minimum absolute atomic E-state index is 0.866. The van der Waals surface area contributed by atoms with Gasteiger partial charge in [0.05, 0.1) is 5.69 Å². The van der Waals surface area contributed by atoms with E-state index in [-0.39, 0.29) is 0 Å². The van der Waals surface area contributed by atoms with Crippen molar-refractivity contribution >= 4 is 0 Å². The van der Waals surface area contributed by atoms with Gasteiger partial charge < -0.3 is 10.2 Å². The Bertz CT molecular complexity index is 312. The van der Waals surface area contributed by atoms with Gasteiger partial charge in [0, 0.05) is 25.3 Å². The van der Waals surface area contributed by atoms with Crippen molar-refractivity contribution in [2.24, 2.45) is 0 Å². The summed E-state index contributed by atoms with van der Waals surface area (Å²) in [6.45, 7) is 11.8. The lowest BCUT2D eigenvalue weighted by molar-refractivity contribution is 0.287. The second-order valence-electron chi connectivity index (χ2n) is 4.38. The van der Waals surface area contributed by atoms with Crippen LogP contribution in [0.5, 0.6) is 0 Å². The summed E-state index contributed by atoms with van der Waals surface area (Å²) in [6, 6.07) is 6.17. The number of pyridine rings is 1. The van der Waals surface area contributed by atoms with Crippen LogP contribution in [0.2, 0.25) is 0 Å². The quantitative estimate of drug-likeness (QED) is 0.700. The zero-order valence-electron chi connectivity index (χ0n) is 11.4. The van der Waals surface area contributed by atoms with E-state index in [1.165, 1.54) is 13.0 Å². The normalized spacial score (nSPS) is 11.1. The molecule has 0 aliphatic heterocycles. The number of rotatable bonds is 8. The van der Waals surface area contributed by atoms with Crippen LogP contribution < -0.4 is 5.32 Å². The van der Waals surface area contributed by atoms with Gasteiger partial charge in [-0.15, -0.1) is 0 Å². The van der Waals surface area contributed by atoms with Crippen molar-refractivity contribution in [3.8, 4) is 0 Å². The molecule has 1 aromatic heterocycles. The van der Waals surface area contributed by atoms with E-state index in [0.29, 0.717) is 0 Å². The number of hydrogen-bond acceptors (Lipinski definition) is 3. The monoisotopic (exact) mass is 235 g/mol. The van der Waals surface area contributed by atoms with Crippen LogP contribution in [-0.4, -0.2) is 36.1 Å². The molecule has 0 unspecified atom stereocenters. The molecule has 0 atom stereocenters. The predicted molar refractivity (Wildman–Crippen MR) is 73.1 cm³/mol. The van der Waals surface area contributed by atoms with Gasteiger partial charge in [-0.3, -0.25) is 4.98 Å². The van der Waals surface area contributed by atoms with Crippen LogP contribution in [0.4, 0.5) is 0 Å². The van der Waals surface area contributed by atoms with Gasteiger partial charge in [0.2, 0.25) is 0 Å². The Labute approximate surface area is 105 Å². The Kier molecular flexibility index (Phi) is 6.82. The van der Waals surface area contributed by atoms with Gasteiger partial charge in [0.15, 0.2) is 0 Å². The van der Waals surface area contributed by atoms with Crippen molar-refractivity contribution in [3.05, 3.63) is 29.6 Å². The van der Waals surface area contributed by atoms with Gasteiger partial charge in [0.1, 0.15) is 0 Å². The van der Waals surface area contributed by atoms with Crippen molar-refractivity contribution in [1.29, 1.82) is 0 Å². The Morgan fingerprint density at radius 1 is 1.24 bits per heavy atom. The van der Waals surface area contributed by atoms with E-state index in [2.05, 4.69) is 41.2 Å². The highest BCUT2D eigenvalue weighted by molar-refractivity contribution is 5.09. The Hall–Kier alpha value is -0.930. The first kappa shape index (κ1) is 14.1. The first-order valence-corrected chi connectivity index (χ1v) is 6.61. The fourth-order valence-electron chi connectivity index (χ4n) is 1.90. The fourth-order valence-corrected chi connectivity index (χ4v) is 1.90. The van der Waals surface area contributed by atoms with Gasteiger partial charge >= 0.3 is 0 Å². The number of aromatic nitrogens is 1. The second kappa shape index (κ2) is 8.20. The Balaban J connectivity index is 2.19. The van der Waals surface area contributed by atoms with Gasteiger partial charge in [0.25, 0.3) is 0 Å². The summed E-state index contributed by atoms with van der Waals surface area (Å²) in [4.78, 5) is 6.94. The molecule has 1 N–H and O–H groups in total. The maximum Gasteiger partial charge on any atom is 0.0544 e. The standard InChI is InChI=1S/C14H25N3/c1-4-10-17(5-2)11-9-15-12-14-8-6-7-13(3)16-14/h6-8,15H,4-5,9-12H2,1-3H3. The lowest BCUT2D eigenvalue weighted by Gasteiger charge is -2.19. The molecule has 0 saturated heterocycles. The molecule has 3 nitrogen and oxygen atoms in total. The number of hydrogen-bond donors (Lipinski definition) is 1. The van der Waals surface area contributed by atoms with E-state index >= 15 is 0 Å². The van der Waals surface area contributed by atoms with E-state index in [4.69, 9.17) is 0 Å². The zero-order chi connectivity index (χ0) is 12.5. The largest absolute Gasteiger partial charge is 0.310 e. The van der Waals surface area contributed by atoms with E-state index in [0.717, 1.165) is 37.6 Å². The summed E-state index contributed by atoms with van der Waals surface area (Å²) in [5.74, 6) is 0. The first-order chi connectivity index (χ1) is 8.26. The molecule has 0 aromatic carbocycles. The maximum atomic E-state index is 4.47. The summed E-state index contributed by atoms with van der Waals surface area (Å²) in [5.41, 5.74) is 2.22. The van der Waals surface area contributed by atoms with Gasteiger partial charge in [-0.1, -0.05) is 19.9 Å². The van der Waals surface area contributed by atoms with Crippen LogP contribution in [-0.2, 0) is 6.54 Å². The van der Waals surface area contributed by atoms with E-state index < -0.39 is 0 Å². The SMILES string of the molecule is CCCN(CC)CCNCc1cccc(C)n1. The molecule has 0 saturated carbocycles. The van der Waals surface area contributed by atoms with Crippen molar-refractivity contribution in [2.45, 2.75) is 33.7 Å². The molecule has 0 aliphatic rings. The molecule has 0 radical (unpaired) electrons. The van der Waals surface area contributed by atoms with Crippen molar-refractivity contribution in [2.75, 3.05) is 26.2 Å². The van der Waals surface area contributed by atoms with Gasteiger partial charge in [-0.05, 0) is 38.6 Å². The average Bonchev–Trinajstić information content (AvgIpc) is 2.33. The highest BCUT2D eigenvalue weighted by Gasteiger charge is 2.00. The van der Waals surface area contributed by atoms with E-state index in [1.54, 1.807) is 0 Å². The van der Waals surface area contributed by atoms with Crippen LogP contribution in [0.25, 0.3) is 0 Å².